The van der Waals surface area contributed by atoms with Crippen LogP contribution in [0.15, 0.2) is 29.2 Å². The topological polar surface area (TPSA) is 88.0 Å². The average Bonchev–Trinajstić information content (AvgIpc) is 2.94. The Morgan fingerprint density at radius 2 is 2.30 bits per heavy atom. The summed E-state index contributed by atoms with van der Waals surface area (Å²) in [6.45, 7) is 2.20. The van der Waals surface area contributed by atoms with E-state index in [1.54, 1.807) is 18.3 Å². The number of aromatic nitrogens is 3. The van der Waals surface area contributed by atoms with Crippen molar-refractivity contribution in [3.05, 3.63) is 50.3 Å². The molecule has 0 saturated heterocycles. The first kappa shape index (κ1) is 12.6. The zero-order chi connectivity index (χ0) is 14.3. The first-order valence-corrected chi connectivity index (χ1v) is 6.74. The fraction of sp³-hybridized carbons (Fsp3) is 0.154. The second-order valence-corrected chi connectivity index (χ2v) is 5.71. The van der Waals surface area contributed by atoms with Gasteiger partial charge in [0.1, 0.15) is 5.01 Å². The smallest absolute Gasteiger partial charge is 0.337 e. The number of aromatic carboxylic acids is 1. The first-order chi connectivity index (χ1) is 9.56. The molecule has 0 unspecified atom stereocenters. The van der Waals surface area contributed by atoms with Crippen molar-refractivity contribution in [2.75, 3.05) is 0 Å². The van der Waals surface area contributed by atoms with Crippen LogP contribution in [0.5, 0.6) is 0 Å². The van der Waals surface area contributed by atoms with E-state index in [2.05, 4.69) is 9.97 Å². The Balaban J connectivity index is 2.21. The summed E-state index contributed by atoms with van der Waals surface area (Å²) < 4.78 is 1.41. The molecule has 0 saturated carbocycles. The van der Waals surface area contributed by atoms with Crippen molar-refractivity contribution < 1.29 is 9.90 Å². The van der Waals surface area contributed by atoms with E-state index >= 15 is 0 Å². The third-order valence-electron chi connectivity index (χ3n) is 2.99. The van der Waals surface area contributed by atoms with Gasteiger partial charge in [0.05, 0.1) is 23.1 Å². The van der Waals surface area contributed by atoms with Gasteiger partial charge in [-0.1, -0.05) is 6.07 Å². The molecule has 0 spiro atoms. The van der Waals surface area contributed by atoms with E-state index in [0.717, 1.165) is 9.88 Å². The van der Waals surface area contributed by atoms with Crippen molar-refractivity contribution in [2.24, 2.45) is 0 Å². The number of nitrogens with one attached hydrogen (secondary N) is 1. The number of carboxylic acid groups (broad SMARTS) is 1. The summed E-state index contributed by atoms with van der Waals surface area (Å²) in [4.78, 5) is 31.2. The summed E-state index contributed by atoms with van der Waals surface area (Å²) in [6.07, 6.45) is 1.73. The molecular formula is C13H11N3O3S. The number of fused-ring (bicyclic) bond motifs is 1. The highest BCUT2D eigenvalue weighted by atomic mass is 32.1. The van der Waals surface area contributed by atoms with Crippen molar-refractivity contribution >= 4 is 28.3 Å². The van der Waals surface area contributed by atoms with Gasteiger partial charge >= 0.3 is 11.7 Å². The van der Waals surface area contributed by atoms with Crippen molar-refractivity contribution in [1.29, 1.82) is 0 Å². The van der Waals surface area contributed by atoms with Crippen LogP contribution in [0.25, 0.3) is 11.0 Å². The number of aromatic amines is 1. The van der Waals surface area contributed by atoms with Crippen LogP contribution in [-0.4, -0.2) is 25.6 Å². The molecule has 2 N–H and O–H groups in total. The van der Waals surface area contributed by atoms with Gasteiger partial charge in [0, 0.05) is 11.1 Å². The number of para-hydroxylation sites is 1. The van der Waals surface area contributed by atoms with Crippen LogP contribution in [-0.2, 0) is 6.54 Å². The number of thiazole rings is 1. The van der Waals surface area contributed by atoms with Gasteiger partial charge in [-0.25, -0.2) is 14.6 Å². The van der Waals surface area contributed by atoms with Crippen LogP contribution >= 0.6 is 11.3 Å². The van der Waals surface area contributed by atoms with E-state index in [1.165, 1.54) is 22.0 Å². The van der Waals surface area contributed by atoms with Crippen molar-refractivity contribution in [3.8, 4) is 0 Å². The van der Waals surface area contributed by atoms with Crippen molar-refractivity contribution in [3.63, 3.8) is 0 Å². The summed E-state index contributed by atoms with van der Waals surface area (Å²) in [6, 6.07) is 4.79. The quantitative estimate of drug-likeness (QED) is 0.770. The number of hydrogen-bond donors (Lipinski definition) is 2. The second kappa shape index (κ2) is 4.61. The fourth-order valence-corrected chi connectivity index (χ4v) is 2.93. The molecule has 7 heteroatoms. The highest BCUT2D eigenvalue weighted by molar-refractivity contribution is 7.11. The molecule has 0 aliphatic carbocycles. The molecule has 2 heterocycles. The van der Waals surface area contributed by atoms with Gasteiger partial charge in [0.15, 0.2) is 0 Å². The van der Waals surface area contributed by atoms with E-state index in [0.29, 0.717) is 11.0 Å². The van der Waals surface area contributed by atoms with Crippen LogP contribution in [0.3, 0.4) is 0 Å². The Kier molecular flexibility index (Phi) is 2.90. The number of aryl methyl sites for hydroxylation is 1. The van der Waals surface area contributed by atoms with Crippen LogP contribution in [0, 0.1) is 6.92 Å². The Labute approximate surface area is 117 Å². The minimum Gasteiger partial charge on any atom is -0.478 e. The zero-order valence-corrected chi connectivity index (χ0v) is 11.4. The Morgan fingerprint density at radius 3 is 2.95 bits per heavy atom. The molecule has 20 heavy (non-hydrogen) atoms. The maximum Gasteiger partial charge on any atom is 0.337 e. The molecule has 0 atom stereocenters. The molecule has 102 valence electrons. The van der Waals surface area contributed by atoms with Crippen molar-refractivity contribution in [2.45, 2.75) is 13.5 Å². The summed E-state index contributed by atoms with van der Waals surface area (Å²) in [5.41, 5.74) is 0.691. The summed E-state index contributed by atoms with van der Waals surface area (Å²) >= 11 is 1.49. The number of carboxylic acids is 1. The maximum absolute atomic E-state index is 12.0. The van der Waals surface area contributed by atoms with Gasteiger partial charge < -0.3 is 10.1 Å². The van der Waals surface area contributed by atoms with E-state index in [-0.39, 0.29) is 17.8 Å². The molecule has 3 rings (SSSR count). The molecule has 0 bridgehead atoms. The van der Waals surface area contributed by atoms with Gasteiger partial charge in [0.2, 0.25) is 0 Å². The van der Waals surface area contributed by atoms with Crippen LogP contribution < -0.4 is 5.69 Å². The number of imidazole rings is 1. The van der Waals surface area contributed by atoms with Gasteiger partial charge in [-0.3, -0.25) is 4.57 Å². The van der Waals surface area contributed by atoms with Gasteiger partial charge in [-0.15, -0.1) is 11.3 Å². The maximum atomic E-state index is 12.0. The van der Waals surface area contributed by atoms with E-state index in [9.17, 15) is 14.7 Å². The lowest BCUT2D eigenvalue weighted by molar-refractivity contribution is 0.0698. The molecule has 0 radical (unpaired) electrons. The van der Waals surface area contributed by atoms with Gasteiger partial charge in [-0.05, 0) is 19.1 Å². The van der Waals surface area contributed by atoms with Crippen LogP contribution in [0.2, 0.25) is 0 Å². The Bertz CT molecular complexity index is 859. The number of nitrogens with zero attached hydrogens (tertiary/aromatic N) is 2. The molecule has 0 fully saturated rings. The number of benzene rings is 1. The predicted octanol–water partition coefficient (Wildman–Crippen LogP) is 1.84. The van der Waals surface area contributed by atoms with Gasteiger partial charge in [-0.2, -0.15) is 0 Å². The van der Waals surface area contributed by atoms with E-state index in [1.807, 2.05) is 6.92 Å². The fourth-order valence-electron chi connectivity index (χ4n) is 2.15. The zero-order valence-electron chi connectivity index (χ0n) is 10.6. The Morgan fingerprint density at radius 1 is 1.50 bits per heavy atom. The number of hydrogen-bond acceptors (Lipinski definition) is 4. The monoisotopic (exact) mass is 289 g/mol. The third kappa shape index (κ3) is 2.01. The molecule has 0 aliphatic rings. The highest BCUT2D eigenvalue weighted by Gasteiger charge is 2.16. The second-order valence-electron chi connectivity index (χ2n) is 4.39. The molecular weight excluding hydrogens is 278 g/mol. The lowest BCUT2D eigenvalue weighted by Gasteiger charge is -2.03. The molecule has 3 aromatic rings. The minimum absolute atomic E-state index is 0.106. The predicted molar refractivity (Wildman–Crippen MR) is 75.5 cm³/mol. The summed E-state index contributed by atoms with van der Waals surface area (Å²) in [5.74, 6) is -1.06. The molecule has 1 aromatic carbocycles. The molecule has 6 nitrogen and oxygen atoms in total. The normalized spacial score (nSPS) is 11.1. The number of rotatable bonds is 3. The lowest BCUT2D eigenvalue weighted by atomic mass is 10.2. The first-order valence-electron chi connectivity index (χ1n) is 5.92. The molecule has 2 aromatic heterocycles. The van der Waals surface area contributed by atoms with Crippen LogP contribution in [0.4, 0.5) is 0 Å². The summed E-state index contributed by atoms with van der Waals surface area (Å²) in [7, 11) is 0. The SMILES string of the molecule is Cc1cnc(Cn2c(=O)[nH]c3cccc(C(=O)O)c32)s1. The van der Waals surface area contributed by atoms with Crippen molar-refractivity contribution in [1.82, 2.24) is 14.5 Å². The average molecular weight is 289 g/mol. The largest absolute Gasteiger partial charge is 0.478 e. The summed E-state index contributed by atoms with van der Waals surface area (Å²) in [5, 5.41) is 10.0. The molecule has 0 amide bonds. The highest BCUT2D eigenvalue weighted by Crippen LogP contribution is 2.19. The number of H-pyrrole nitrogens is 1. The standard InChI is InChI=1S/C13H11N3O3S/c1-7-5-14-10(20-7)6-16-11-8(12(17)18)3-2-4-9(11)15-13(16)19/h2-5H,6H2,1H3,(H,15,19)(H,17,18). The third-order valence-corrected chi connectivity index (χ3v) is 3.88. The van der Waals surface area contributed by atoms with E-state index < -0.39 is 5.97 Å². The van der Waals surface area contributed by atoms with Gasteiger partial charge in [0.25, 0.3) is 0 Å². The van der Waals surface area contributed by atoms with E-state index in [4.69, 9.17) is 0 Å². The van der Waals surface area contributed by atoms with Crippen LogP contribution in [0.1, 0.15) is 20.2 Å². The number of carbonyl (C=O) groups is 1. The Hall–Kier alpha value is -2.41. The molecule has 0 aliphatic heterocycles. The lowest BCUT2D eigenvalue weighted by Crippen LogP contribution is -2.18. The minimum atomic E-state index is -1.06.